The minimum Gasteiger partial charge on any atom is -0.493 e. The first-order valence-corrected chi connectivity index (χ1v) is 8.54. The summed E-state index contributed by atoms with van der Waals surface area (Å²) in [5.74, 6) is 2.12. The van der Waals surface area contributed by atoms with E-state index in [0.717, 1.165) is 11.3 Å². The summed E-state index contributed by atoms with van der Waals surface area (Å²) in [6.45, 7) is 8.29. The van der Waals surface area contributed by atoms with Gasteiger partial charge in [0.2, 0.25) is 5.89 Å². The van der Waals surface area contributed by atoms with Gasteiger partial charge in [-0.3, -0.25) is 0 Å². The van der Waals surface area contributed by atoms with Crippen molar-refractivity contribution >= 4 is 6.03 Å². The first kappa shape index (κ1) is 17.3. The Hall–Kier alpha value is -2.57. The highest BCUT2D eigenvalue weighted by Crippen LogP contribution is 2.35. The van der Waals surface area contributed by atoms with Crippen LogP contribution in [-0.4, -0.2) is 28.8 Å². The van der Waals surface area contributed by atoms with Gasteiger partial charge in [-0.05, 0) is 25.8 Å². The van der Waals surface area contributed by atoms with Crippen LogP contribution in [0.3, 0.4) is 0 Å². The molecule has 2 aromatic rings. The molecule has 2 N–H and O–H groups in total. The lowest BCUT2D eigenvalue weighted by Gasteiger charge is -2.23. The Balaban J connectivity index is 1.63. The Labute approximate surface area is 147 Å². The fraction of sp³-hybridized carbons (Fsp3) is 0.500. The summed E-state index contributed by atoms with van der Waals surface area (Å²) in [4.78, 5) is 16.7. The summed E-state index contributed by atoms with van der Waals surface area (Å²) in [6, 6.07) is 7.27. The molecule has 7 nitrogen and oxygen atoms in total. The van der Waals surface area contributed by atoms with Gasteiger partial charge >= 0.3 is 6.03 Å². The second-order valence-corrected chi connectivity index (χ2v) is 6.76. The molecule has 0 aliphatic carbocycles. The highest BCUT2D eigenvalue weighted by atomic mass is 16.5. The Morgan fingerprint density at radius 2 is 2.00 bits per heavy atom. The Kier molecular flexibility index (Phi) is 4.92. The van der Waals surface area contributed by atoms with Gasteiger partial charge in [-0.2, -0.15) is 4.98 Å². The molecule has 3 atom stereocenters. The number of hydrogen-bond donors (Lipinski definition) is 2. The minimum absolute atomic E-state index is 0.0686. The third-order valence-electron chi connectivity index (χ3n) is 4.46. The summed E-state index contributed by atoms with van der Waals surface area (Å²) < 4.78 is 10.9. The number of carbonyl (C=O) groups excluding carboxylic acids is 1. The Morgan fingerprint density at radius 3 is 2.68 bits per heavy atom. The summed E-state index contributed by atoms with van der Waals surface area (Å²) >= 11 is 0. The molecule has 0 spiro atoms. The standard InChI is InChI=1S/C18H24N4O3/c1-10(2)16(17-20-12(4)22-25-17)21-18(23)19-11(3)14-9-24-15-8-6-5-7-13(14)15/h5-8,10-11,14,16H,9H2,1-4H3,(H2,19,21,23)/t11-,14+,16-/m1/s1. The smallest absolute Gasteiger partial charge is 0.315 e. The van der Waals surface area contributed by atoms with Gasteiger partial charge in [0.25, 0.3) is 0 Å². The van der Waals surface area contributed by atoms with E-state index in [1.54, 1.807) is 6.92 Å². The molecule has 7 heteroatoms. The quantitative estimate of drug-likeness (QED) is 0.870. The maximum Gasteiger partial charge on any atom is 0.315 e. The monoisotopic (exact) mass is 344 g/mol. The van der Waals surface area contributed by atoms with Crippen molar-refractivity contribution in [3.8, 4) is 5.75 Å². The van der Waals surface area contributed by atoms with Crippen molar-refractivity contribution in [2.45, 2.75) is 45.7 Å². The largest absolute Gasteiger partial charge is 0.493 e. The minimum atomic E-state index is -0.333. The predicted molar refractivity (Wildman–Crippen MR) is 92.4 cm³/mol. The number of aromatic nitrogens is 2. The van der Waals surface area contributed by atoms with Crippen molar-refractivity contribution in [3.05, 3.63) is 41.5 Å². The van der Waals surface area contributed by atoms with E-state index in [2.05, 4.69) is 20.8 Å². The van der Waals surface area contributed by atoms with Crippen LogP contribution in [0.4, 0.5) is 4.79 Å². The third kappa shape index (κ3) is 3.75. The van der Waals surface area contributed by atoms with Crippen LogP contribution in [0.1, 0.15) is 50.0 Å². The zero-order chi connectivity index (χ0) is 18.0. The van der Waals surface area contributed by atoms with Gasteiger partial charge in [0.15, 0.2) is 5.82 Å². The van der Waals surface area contributed by atoms with Crippen LogP contribution in [0, 0.1) is 12.8 Å². The van der Waals surface area contributed by atoms with Crippen molar-refractivity contribution in [2.75, 3.05) is 6.61 Å². The van der Waals surface area contributed by atoms with Crippen LogP contribution >= 0.6 is 0 Å². The number of carbonyl (C=O) groups is 1. The van der Waals surface area contributed by atoms with Gasteiger partial charge < -0.3 is 19.9 Å². The van der Waals surface area contributed by atoms with E-state index in [1.165, 1.54) is 0 Å². The summed E-state index contributed by atoms with van der Waals surface area (Å²) in [5, 5.41) is 9.74. The van der Waals surface area contributed by atoms with Gasteiger partial charge in [0, 0.05) is 17.5 Å². The Morgan fingerprint density at radius 1 is 1.24 bits per heavy atom. The number of rotatable bonds is 5. The van der Waals surface area contributed by atoms with Gasteiger partial charge in [-0.15, -0.1) is 0 Å². The van der Waals surface area contributed by atoms with E-state index >= 15 is 0 Å². The molecule has 0 unspecified atom stereocenters. The van der Waals surface area contributed by atoms with Crippen LogP contribution in [0.15, 0.2) is 28.8 Å². The number of fused-ring (bicyclic) bond motifs is 1. The van der Waals surface area contributed by atoms with Gasteiger partial charge in [0.05, 0.1) is 6.61 Å². The normalized spacial score (nSPS) is 18.4. The maximum atomic E-state index is 12.5. The molecule has 1 aliphatic heterocycles. The molecule has 1 aromatic heterocycles. The van der Waals surface area contributed by atoms with E-state index in [1.807, 2.05) is 45.0 Å². The van der Waals surface area contributed by atoms with Crippen LogP contribution in [0.2, 0.25) is 0 Å². The number of aryl methyl sites for hydroxylation is 1. The molecule has 3 rings (SSSR count). The number of urea groups is 1. The lowest BCUT2D eigenvalue weighted by molar-refractivity contribution is 0.218. The fourth-order valence-corrected chi connectivity index (χ4v) is 3.04. The zero-order valence-electron chi connectivity index (χ0n) is 14.9. The van der Waals surface area contributed by atoms with E-state index in [4.69, 9.17) is 9.26 Å². The van der Waals surface area contributed by atoms with Crippen LogP contribution in [0.25, 0.3) is 0 Å². The highest BCUT2D eigenvalue weighted by molar-refractivity contribution is 5.74. The lowest BCUT2D eigenvalue weighted by Crippen LogP contribution is -2.45. The maximum absolute atomic E-state index is 12.5. The average molecular weight is 344 g/mol. The third-order valence-corrected chi connectivity index (χ3v) is 4.46. The average Bonchev–Trinajstić information content (AvgIpc) is 3.18. The summed E-state index contributed by atoms with van der Waals surface area (Å²) in [5.41, 5.74) is 1.13. The number of hydrogen-bond acceptors (Lipinski definition) is 5. The first-order chi connectivity index (χ1) is 12.0. The molecule has 0 saturated heterocycles. The molecule has 134 valence electrons. The highest BCUT2D eigenvalue weighted by Gasteiger charge is 2.31. The molecule has 0 bridgehead atoms. The SMILES string of the molecule is Cc1noc([C@H](NC(=O)N[C@H](C)[C@@H]2COc3ccccc32)C(C)C)n1. The van der Waals surface area contributed by atoms with Crippen molar-refractivity contribution in [3.63, 3.8) is 0 Å². The summed E-state index contributed by atoms with van der Waals surface area (Å²) in [7, 11) is 0. The van der Waals surface area contributed by atoms with Gasteiger partial charge in [-0.25, -0.2) is 4.79 Å². The molecule has 2 heterocycles. The predicted octanol–water partition coefficient (Wildman–Crippen LogP) is 2.94. The van der Waals surface area contributed by atoms with Crippen LogP contribution in [0.5, 0.6) is 5.75 Å². The van der Waals surface area contributed by atoms with E-state index in [9.17, 15) is 4.79 Å². The molecule has 0 radical (unpaired) electrons. The van der Waals surface area contributed by atoms with Gasteiger partial charge in [0.1, 0.15) is 11.8 Å². The second kappa shape index (κ2) is 7.13. The van der Waals surface area contributed by atoms with E-state index in [0.29, 0.717) is 18.3 Å². The van der Waals surface area contributed by atoms with E-state index < -0.39 is 0 Å². The molecular formula is C18H24N4O3. The number of ether oxygens (including phenoxy) is 1. The molecule has 0 saturated carbocycles. The van der Waals surface area contributed by atoms with Crippen molar-refractivity contribution in [1.29, 1.82) is 0 Å². The molecule has 2 amide bonds. The lowest BCUT2D eigenvalue weighted by atomic mass is 9.94. The number of para-hydroxylation sites is 1. The Bertz CT molecular complexity index is 743. The number of nitrogens with one attached hydrogen (secondary N) is 2. The molecular weight excluding hydrogens is 320 g/mol. The molecule has 25 heavy (non-hydrogen) atoms. The van der Waals surface area contributed by atoms with Crippen molar-refractivity contribution in [1.82, 2.24) is 20.8 Å². The second-order valence-electron chi connectivity index (χ2n) is 6.76. The van der Waals surface area contributed by atoms with Crippen molar-refractivity contribution in [2.24, 2.45) is 5.92 Å². The topological polar surface area (TPSA) is 89.3 Å². The molecule has 0 fully saturated rings. The molecule has 1 aromatic carbocycles. The number of nitrogens with zero attached hydrogens (tertiary/aromatic N) is 2. The first-order valence-electron chi connectivity index (χ1n) is 8.54. The van der Waals surface area contributed by atoms with Gasteiger partial charge in [-0.1, -0.05) is 37.2 Å². The fourth-order valence-electron chi connectivity index (χ4n) is 3.04. The van der Waals surface area contributed by atoms with Crippen LogP contribution < -0.4 is 15.4 Å². The molecule has 1 aliphatic rings. The number of benzene rings is 1. The summed E-state index contributed by atoms with van der Waals surface area (Å²) in [6.07, 6.45) is 0. The van der Waals surface area contributed by atoms with Crippen molar-refractivity contribution < 1.29 is 14.1 Å². The number of amides is 2. The van der Waals surface area contributed by atoms with E-state index in [-0.39, 0.29) is 30.0 Å². The van der Waals surface area contributed by atoms with Crippen LogP contribution in [-0.2, 0) is 0 Å². The zero-order valence-corrected chi connectivity index (χ0v) is 14.9.